The molecule has 2 aromatic carbocycles. The van der Waals surface area contributed by atoms with E-state index in [0.29, 0.717) is 30.0 Å². The first-order chi connectivity index (χ1) is 11.2. The molecule has 2 aromatic rings. The minimum atomic E-state index is -0.130. The predicted molar refractivity (Wildman–Crippen MR) is 86.3 cm³/mol. The zero-order valence-corrected chi connectivity index (χ0v) is 13.2. The Bertz CT molecular complexity index is 727. The van der Waals surface area contributed by atoms with Gasteiger partial charge < -0.3 is 19.5 Å². The molecular formula is C18H19NO4. The van der Waals surface area contributed by atoms with Crippen molar-refractivity contribution in [3.8, 4) is 17.2 Å². The number of carbonyl (C=O) groups is 1. The monoisotopic (exact) mass is 313 g/mol. The lowest BCUT2D eigenvalue weighted by molar-refractivity contribution is 0.0953. The molecule has 0 fully saturated rings. The van der Waals surface area contributed by atoms with E-state index in [1.807, 2.05) is 19.1 Å². The Morgan fingerprint density at radius 1 is 1.17 bits per heavy atom. The first-order valence-corrected chi connectivity index (χ1v) is 7.49. The van der Waals surface area contributed by atoms with Gasteiger partial charge in [-0.2, -0.15) is 0 Å². The van der Waals surface area contributed by atoms with Crippen LogP contribution in [0, 0.1) is 6.92 Å². The second-order valence-corrected chi connectivity index (χ2v) is 5.39. The van der Waals surface area contributed by atoms with E-state index in [0.717, 1.165) is 11.3 Å². The van der Waals surface area contributed by atoms with Gasteiger partial charge in [-0.3, -0.25) is 4.79 Å². The predicted octanol–water partition coefficient (Wildman–Crippen LogP) is 2.70. The highest BCUT2D eigenvalue weighted by Gasteiger charge is 2.16. The fourth-order valence-corrected chi connectivity index (χ4v) is 2.55. The quantitative estimate of drug-likeness (QED) is 0.922. The summed E-state index contributed by atoms with van der Waals surface area (Å²) in [6.07, 6.45) is 0.709. The smallest absolute Gasteiger partial charge is 0.251 e. The fraction of sp³-hybridized carbons (Fsp3) is 0.278. The van der Waals surface area contributed by atoms with Gasteiger partial charge in [0.25, 0.3) is 5.91 Å². The number of methoxy groups -OCH3 is 1. The van der Waals surface area contributed by atoms with Crippen molar-refractivity contribution in [2.24, 2.45) is 0 Å². The van der Waals surface area contributed by atoms with Gasteiger partial charge in [0.15, 0.2) is 11.5 Å². The van der Waals surface area contributed by atoms with Crippen LogP contribution in [0.25, 0.3) is 0 Å². The van der Waals surface area contributed by atoms with E-state index in [1.54, 1.807) is 25.3 Å². The molecule has 0 bridgehead atoms. The Kier molecular flexibility index (Phi) is 4.37. The number of hydrogen-bond donors (Lipinski definition) is 1. The van der Waals surface area contributed by atoms with E-state index in [1.165, 1.54) is 5.56 Å². The lowest BCUT2D eigenvalue weighted by atomic mass is 10.1. The number of fused-ring (bicyclic) bond motifs is 1. The SMILES string of the molecule is COc1ccc(C)cc1CCNC(=O)c1ccc2c(c1)OCO2. The normalized spacial score (nSPS) is 12.1. The summed E-state index contributed by atoms with van der Waals surface area (Å²) in [6, 6.07) is 11.2. The topological polar surface area (TPSA) is 56.8 Å². The molecule has 1 aliphatic heterocycles. The molecular weight excluding hydrogens is 294 g/mol. The van der Waals surface area contributed by atoms with Crippen molar-refractivity contribution in [3.63, 3.8) is 0 Å². The van der Waals surface area contributed by atoms with Crippen LogP contribution >= 0.6 is 0 Å². The van der Waals surface area contributed by atoms with Gasteiger partial charge in [-0.05, 0) is 43.2 Å². The van der Waals surface area contributed by atoms with Crippen LogP contribution in [0.4, 0.5) is 0 Å². The minimum absolute atomic E-state index is 0.130. The summed E-state index contributed by atoms with van der Waals surface area (Å²) >= 11 is 0. The number of amides is 1. The summed E-state index contributed by atoms with van der Waals surface area (Å²) < 4.78 is 15.9. The lowest BCUT2D eigenvalue weighted by Crippen LogP contribution is -2.25. The van der Waals surface area contributed by atoms with Crippen LogP contribution in [0.2, 0.25) is 0 Å². The Balaban J connectivity index is 1.60. The van der Waals surface area contributed by atoms with E-state index in [9.17, 15) is 4.79 Å². The summed E-state index contributed by atoms with van der Waals surface area (Å²) in [5.74, 6) is 1.99. The average Bonchev–Trinajstić information content (AvgIpc) is 3.02. The molecule has 0 spiro atoms. The van der Waals surface area contributed by atoms with E-state index < -0.39 is 0 Å². The zero-order valence-electron chi connectivity index (χ0n) is 13.2. The third kappa shape index (κ3) is 3.39. The summed E-state index contributed by atoms with van der Waals surface area (Å²) in [6.45, 7) is 2.77. The van der Waals surface area contributed by atoms with Crippen LogP contribution in [0.3, 0.4) is 0 Å². The largest absolute Gasteiger partial charge is 0.496 e. The molecule has 0 atom stereocenters. The summed E-state index contributed by atoms with van der Waals surface area (Å²) in [5.41, 5.74) is 2.81. The van der Waals surface area contributed by atoms with E-state index in [4.69, 9.17) is 14.2 Å². The molecule has 1 aliphatic rings. The van der Waals surface area contributed by atoms with Gasteiger partial charge in [-0.1, -0.05) is 17.7 Å². The fourth-order valence-electron chi connectivity index (χ4n) is 2.55. The van der Waals surface area contributed by atoms with Crippen LogP contribution in [-0.2, 0) is 6.42 Å². The molecule has 0 aliphatic carbocycles. The first-order valence-electron chi connectivity index (χ1n) is 7.49. The Morgan fingerprint density at radius 2 is 2.00 bits per heavy atom. The third-order valence-corrected chi connectivity index (χ3v) is 3.75. The number of benzene rings is 2. The number of nitrogens with one attached hydrogen (secondary N) is 1. The van der Waals surface area contributed by atoms with Crippen molar-refractivity contribution in [2.45, 2.75) is 13.3 Å². The molecule has 23 heavy (non-hydrogen) atoms. The van der Waals surface area contributed by atoms with Crippen molar-refractivity contribution in [2.75, 3.05) is 20.4 Å². The van der Waals surface area contributed by atoms with Crippen LogP contribution < -0.4 is 19.5 Å². The molecule has 3 rings (SSSR count). The van der Waals surface area contributed by atoms with Crippen molar-refractivity contribution >= 4 is 5.91 Å². The van der Waals surface area contributed by atoms with Crippen LogP contribution in [0.5, 0.6) is 17.2 Å². The van der Waals surface area contributed by atoms with Gasteiger partial charge >= 0.3 is 0 Å². The number of rotatable bonds is 5. The summed E-state index contributed by atoms with van der Waals surface area (Å²) in [7, 11) is 1.65. The molecule has 0 saturated heterocycles. The van der Waals surface area contributed by atoms with Crippen LogP contribution in [0.15, 0.2) is 36.4 Å². The van der Waals surface area contributed by atoms with E-state index in [2.05, 4.69) is 11.4 Å². The van der Waals surface area contributed by atoms with Gasteiger partial charge in [-0.25, -0.2) is 0 Å². The second-order valence-electron chi connectivity index (χ2n) is 5.39. The highest BCUT2D eigenvalue weighted by Crippen LogP contribution is 2.32. The molecule has 1 amide bonds. The molecule has 0 radical (unpaired) electrons. The van der Waals surface area contributed by atoms with Gasteiger partial charge in [0, 0.05) is 12.1 Å². The number of ether oxygens (including phenoxy) is 3. The maximum atomic E-state index is 12.2. The zero-order chi connectivity index (χ0) is 16.2. The van der Waals surface area contributed by atoms with E-state index in [-0.39, 0.29) is 12.7 Å². The first kappa shape index (κ1) is 15.2. The second kappa shape index (κ2) is 6.60. The maximum Gasteiger partial charge on any atom is 0.251 e. The van der Waals surface area contributed by atoms with Gasteiger partial charge in [0.05, 0.1) is 7.11 Å². The average molecular weight is 313 g/mol. The molecule has 1 N–H and O–H groups in total. The van der Waals surface area contributed by atoms with Gasteiger partial charge in [0.2, 0.25) is 6.79 Å². The highest BCUT2D eigenvalue weighted by molar-refractivity contribution is 5.94. The molecule has 1 heterocycles. The van der Waals surface area contributed by atoms with Gasteiger partial charge in [-0.15, -0.1) is 0 Å². The number of hydrogen-bond acceptors (Lipinski definition) is 4. The third-order valence-electron chi connectivity index (χ3n) is 3.75. The Morgan fingerprint density at radius 3 is 2.83 bits per heavy atom. The molecule has 120 valence electrons. The van der Waals surface area contributed by atoms with Crippen molar-refractivity contribution in [1.82, 2.24) is 5.32 Å². The Labute approximate surface area is 135 Å². The number of carbonyl (C=O) groups excluding carboxylic acids is 1. The maximum absolute atomic E-state index is 12.2. The van der Waals surface area contributed by atoms with Crippen molar-refractivity contribution < 1.29 is 19.0 Å². The minimum Gasteiger partial charge on any atom is -0.496 e. The Hall–Kier alpha value is -2.69. The van der Waals surface area contributed by atoms with Crippen LogP contribution in [0.1, 0.15) is 21.5 Å². The van der Waals surface area contributed by atoms with Crippen molar-refractivity contribution in [3.05, 3.63) is 53.1 Å². The van der Waals surface area contributed by atoms with Crippen LogP contribution in [-0.4, -0.2) is 26.4 Å². The van der Waals surface area contributed by atoms with Gasteiger partial charge in [0.1, 0.15) is 5.75 Å². The number of aryl methyl sites for hydroxylation is 1. The highest BCUT2D eigenvalue weighted by atomic mass is 16.7. The standard InChI is InChI=1S/C18H19NO4/c1-12-3-5-15(21-2)13(9-12)7-8-19-18(20)14-4-6-16-17(10-14)23-11-22-16/h3-6,9-10H,7-8,11H2,1-2H3,(H,19,20). The molecule has 5 heteroatoms. The summed E-state index contributed by atoms with van der Waals surface area (Å²) in [5, 5.41) is 2.92. The molecule has 0 unspecified atom stereocenters. The molecule has 0 saturated carbocycles. The van der Waals surface area contributed by atoms with E-state index >= 15 is 0 Å². The summed E-state index contributed by atoms with van der Waals surface area (Å²) in [4.78, 5) is 12.2. The van der Waals surface area contributed by atoms with Crippen molar-refractivity contribution in [1.29, 1.82) is 0 Å². The lowest BCUT2D eigenvalue weighted by Gasteiger charge is -2.10. The molecule has 5 nitrogen and oxygen atoms in total. The molecule has 0 aromatic heterocycles.